The zero-order chi connectivity index (χ0) is 21.2. The minimum Gasteiger partial charge on any atom is -0.356 e. The molecule has 0 saturated heterocycles. The highest BCUT2D eigenvalue weighted by Gasteiger charge is 2.23. The number of aryl methyl sites for hydroxylation is 1. The molecule has 0 amide bonds. The maximum Gasteiger partial charge on any atom is 0.171 e. The van der Waals surface area contributed by atoms with Gasteiger partial charge in [-0.2, -0.15) is 0 Å². The molecule has 3 aromatic carbocycles. The van der Waals surface area contributed by atoms with Crippen LogP contribution in [0.15, 0.2) is 83.4 Å². The highest BCUT2D eigenvalue weighted by molar-refractivity contribution is 7.83. The van der Waals surface area contributed by atoms with Crippen LogP contribution in [0.4, 0.5) is 0 Å². The molecule has 31 heavy (non-hydrogen) atoms. The first kappa shape index (κ1) is 20.0. The van der Waals surface area contributed by atoms with Crippen molar-refractivity contribution >= 4 is 10.8 Å². The molecule has 0 bridgehead atoms. The fourth-order valence-corrected chi connectivity index (χ4v) is 5.26. The zero-order valence-corrected chi connectivity index (χ0v) is 18.4. The number of rotatable bonds is 7. The van der Waals surface area contributed by atoms with Crippen LogP contribution in [-0.4, -0.2) is 9.37 Å². The number of hydrogen-bond acceptors (Lipinski definition) is 3. The minimum absolute atomic E-state index is 0.434. The van der Waals surface area contributed by atoms with Crippen LogP contribution in [0.25, 0.3) is 22.5 Å². The third-order valence-corrected chi connectivity index (χ3v) is 7.17. The molecule has 0 spiro atoms. The van der Waals surface area contributed by atoms with Gasteiger partial charge in [0, 0.05) is 27.7 Å². The summed E-state index contributed by atoms with van der Waals surface area (Å²) in [5.74, 6) is 2.46. The average molecular weight is 428 g/mol. The molecule has 4 heteroatoms. The lowest BCUT2D eigenvalue weighted by atomic mass is 10.00. The van der Waals surface area contributed by atoms with Crippen molar-refractivity contribution < 1.29 is 8.73 Å². The second-order valence-corrected chi connectivity index (χ2v) is 9.72. The van der Waals surface area contributed by atoms with E-state index in [4.69, 9.17) is 4.52 Å². The van der Waals surface area contributed by atoms with Gasteiger partial charge in [-0.05, 0) is 47.9 Å². The zero-order valence-electron chi connectivity index (χ0n) is 17.6. The van der Waals surface area contributed by atoms with Gasteiger partial charge in [0.15, 0.2) is 5.76 Å². The van der Waals surface area contributed by atoms with Crippen LogP contribution < -0.4 is 0 Å². The molecular formula is C27H25NO2S. The van der Waals surface area contributed by atoms with Gasteiger partial charge < -0.3 is 4.52 Å². The van der Waals surface area contributed by atoms with Crippen molar-refractivity contribution in [2.45, 2.75) is 37.2 Å². The van der Waals surface area contributed by atoms with E-state index in [0.717, 1.165) is 34.1 Å². The third kappa shape index (κ3) is 4.54. The Morgan fingerprint density at radius 1 is 0.839 bits per heavy atom. The van der Waals surface area contributed by atoms with E-state index in [0.29, 0.717) is 11.5 Å². The Morgan fingerprint density at radius 2 is 1.45 bits per heavy atom. The quantitative estimate of drug-likeness (QED) is 0.332. The first-order chi connectivity index (χ1) is 15.2. The Kier molecular flexibility index (Phi) is 5.56. The molecule has 1 aromatic heterocycles. The third-order valence-electron chi connectivity index (χ3n) is 5.90. The van der Waals surface area contributed by atoms with Gasteiger partial charge in [0.1, 0.15) is 0 Å². The van der Waals surface area contributed by atoms with Crippen molar-refractivity contribution in [3.05, 3.63) is 101 Å². The lowest BCUT2D eigenvalue weighted by Crippen LogP contribution is -2.01. The van der Waals surface area contributed by atoms with Gasteiger partial charge in [0.25, 0.3) is 0 Å². The van der Waals surface area contributed by atoms with Crippen LogP contribution in [0.5, 0.6) is 0 Å². The summed E-state index contributed by atoms with van der Waals surface area (Å²) >= 11 is 0. The summed E-state index contributed by atoms with van der Waals surface area (Å²) in [6.45, 7) is 1.91. The molecule has 1 unspecified atom stereocenters. The normalized spacial score (nSPS) is 14.5. The molecule has 4 aromatic rings. The van der Waals surface area contributed by atoms with Crippen LogP contribution in [0, 0.1) is 6.92 Å². The van der Waals surface area contributed by atoms with Crippen LogP contribution in [-0.2, 0) is 22.3 Å². The van der Waals surface area contributed by atoms with Crippen LogP contribution >= 0.6 is 0 Å². The summed E-state index contributed by atoms with van der Waals surface area (Å²) in [5, 5.41) is 4.16. The molecular weight excluding hydrogens is 402 g/mol. The highest BCUT2D eigenvalue weighted by atomic mass is 32.2. The van der Waals surface area contributed by atoms with E-state index >= 15 is 0 Å². The Labute approximate surface area is 185 Å². The summed E-state index contributed by atoms with van der Waals surface area (Å²) in [6, 6.07) is 27.2. The van der Waals surface area contributed by atoms with E-state index in [1.165, 1.54) is 29.5 Å². The first-order valence-electron chi connectivity index (χ1n) is 10.7. The summed E-state index contributed by atoms with van der Waals surface area (Å²) in [7, 11) is -1.03. The van der Waals surface area contributed by atoms with E-state index in [-0.39, 0.29) is 0 Å². The molecule has 156 valence electrons. The van der Waals surface area contributed by atoms with E-state index < -0.39 is 10.8 Å². The Hall–Kier alpha value is -2.98. The molecule has 1 heterocycles. The number of benzene rings is 3. The maximum atomic E-state index is 12.8. The Bertz CT molecular complexity index is 1190. The van der Waals surface area contributed by atoms with Crippen molar-refractivity contribution in [2.75, 3.05) is 0 Å². The monoisotopic (exact) mass is 427 g/mol. The molecule has 3 nitrogen and oxygen atoms in total. The summed E-state index contributed by atoms with van der Waals surface area (Å²) < 4.78 is 18.4. The van der Waals surface area contributed by atoms with Crippen LogP contribution in [0.1, 0.15) is 41.1 Å². The van der Waals surface area contributed by atoms with Gasteiger partial charge in [0.05, 0.1) is 11.4 Å². The minimum atomic E-state index is -1.03. The molecule has 5 rings (SSSR count). The van der Waals surface area contributed by atoms with E-state index in [2.05, 4.69) is 53.7 Å². The van der Waals surface area contributed by atoms with Crippen molar-refractivity contribution in [1.29, 1.82) is 0 Å². The molecule has 1 aliphatic carbocycles. The predicted octanol–water partition coefficient (Wildman–Crippen LogP) is 6.64. The SMILES string of the molecule is Cc1noc(-c2ccc(-c3ccc(C4CC4)cc3)cc2)c1CS(=O)Cc1ccccc1. The van der Waals surface area contributed by atoms with Gasteiger partial charge >= 0.3 is 0 Å². The van der Waals surface area contributed by atoms with Gasteiger partial charge in [-0.3, -0.25) is 4.21 Å². The van der Waals surface area contributed by atoms with Gasteiger partial charge in [-0.1, -0.05) is 84.0 Å². The van der Waals surface area contributed by atoms with Gasteiger partial charge in [-0.15, -0.1) is 0 Å². The van der Waals surface area contributed by atoms with Crippen molar-refractivity contribution in [3.63, 3.8) is 0 Å². The summed E-state index contributed by atoms with van der Waals surface area (Å²) in [6.07, 6.45) is 2.65. The average Bonchev–Trinajstić information content (AvgIpc) is 3.59. The number of aromatic nitrogens is 1. The topological polar surface area (TPSA) is 43.1 Å². The van der Waals surface area contributed by atoms with Crippen LogP contribution in [0.2, 0.25) is 0 Å². The van der Waals surface area contributed by atoms with Crippen molar-refractivity contribution in [3.8, 4) is 22.5 Å². The molecule has 1 atom stereocenters. The summed E-state index contributed by atoms with van der Waals surface area (Å²) in [4.78, 5) is 0. The second kappa shape index (κ2) is 8.64. The molecule has 1 aliphatic rings. The van der Waals surface area contributed by atoms with Crippen molar-refractivity contribution in [2.24, 2.45) is 0 Å². The Balaban J connectivity index is 1.34. The maximum absolute atomic E-state index is 12.8. The van der Waals surface area contributed by atoms with E-state index in [1.54, 1.807) is 0 Å². The standard InChI is InChI=1S/C27H25NO2S/c1-19-26(18-31(29)17-20-5-3-2-4-6-20)27(30-28-19)25-15-13-24(14-16-25)23-11-9-22(10-12-23)21-7-8-21/h2-6,9-16,21H,7-8,17-18H2,1H3. The highest BCUT2D eigenvalue weighted by Crippen LogP contribution is 2.40. The Morgan fingerprint density at radius 3 is 2.10 bits per heavy atom. The second-order valence-electron chi connectivity index (χ2n) is 8.26. The molecule has 0 radical (unpaired) electrons. The fraction of sp³-hybridized carbons (Fsp3) is 0.222. The fourth-order valence-electron chi connectivity index (χ4n) is 3.94. The van der Waals surface area contributed by atoms with E-state index in [9.17, 15) is 4.21 Å². The molecule has 0 N–H and O–H groups in total. The number of nitrogens with zero attached hydrogens (tertiary/aromatic N) is 1. The molecule has 1 fully saturated rings. The summed E-state index contributed by atoms with van der Waals surface area (Å²) in [5.41, 5.74) is 7.61. The lowest BCUT2D eigenvalue weighted by molar-refractivity contribution is 0.427. The molecule has 0 aliphatic heterocycles. The first-order valence-corrected chi connectivity index (χ1v) is 12.2. The molecule has 1 saturated carbocycles. The van der Waals surface area contributed by atoms with Gasteiger partial charge in [0.2, 0.25) is 0 Å². The van der Waals surface area contributed by atoms with Gasteiger partial charge in [-0.25, -0.2) is 0 Å². The van der Waals surface area contributed by atoms with E-state index in [1.807, 2.05) is 37.3 Å². The lowest BCUT2D eigenvalue weighted by Gasteiger charge is -2.07. The van der Waals surface area contributed by atoms with Crippen LogP contribution in [0.3, 0.4) is 0 Å². The number of hydrogen-bond donors (Lipinski definition) is 0. The predicted molar refractivity (Wildman–Crippen MR) is 126 cm³/mol. The largest absolute Gasteiger partial charge is 0.356 e. The van der Waals surface area contributed by atoms with Crippen molar-refractivity contribution in [1.82, 2.24) is 5.16 Å². The smallest absolute Gasteiger partial charge is 0.171 e.